The summed E-state index contributed by atoms with van der Waals surface area (Å²) >= 11 is 0. The number of methoxy groups -OCH3 is 1. The lowest BCUT2D eigenvalue weighted by Gasteiger charge is -2.00. The molecule has 4 nitrogen and oxygen atoms in total. The van der Waals surface area contributed by atoms with Crippen molar-refractivity contribution in [2.24, 2.45) is 0 Å². The fourth-order valence-electron chi connectivity index (χ4n) is 2.79. The van der Waals surface area contributed by atoms with Gasteiger partial charge in [0, 0.05) is 22.7 Å². The highest BCUT2D eigenvalue weighted by Crippen LogP contribution is 2.41. The number of hydrogen-bond donors (Lipinski definition) is 1. The number of ketones is 1. The molecule has 22 heavy (non-hydrogen) atoms. The highest BCUT2D eigenvalue weighted by atomic mass is 16.6. The van der Waals surface area contributed by atoms with Crippen LogP contribution in [0.3, 0.4) is 0 Å². The van der Waals surface area contributed by atoms with Gasteiger partial charge in [0.05, 0.1) is 7.11 Å². The Hall–Kier alpha value is -2.59. The van der Waals surface area contributed by atoms with Crippen LogP contribution in [0.15, 0.2) is 54.7 Å². The first-order valence-electron chi connectivity index (χ1n) is 7.17. The number of ether oxygens (including phenoxy) is 2. The largest absolute Gasteiger partial charge is 0.497 e. The molecule has 1 aromatic heterocycles. The summed E-state index contributed by atoms with van der Waals surface area (Å²) in [6.07, 6.45) is 1.21. The van der Waals surface area contributed by atoms with E-state index in [1.54, 1.807) is 13.3 Å². The van der Waals surface area contributed by atoms with E-state index in [1.807, 2.05) is 48.5 Å². The van der Waals surface area contributed by atoms with Gasteiger partial charge in [0.1, 0.15) is 11.9 Å². The number of nitrogens with one attached hydrogen (secondary N) is 1. The summed E-state index contributed by atoms with van der Waals surface area (Å²) in [5.74, 6) is 0.821. The van der Waals surface area contributed by atoms with Gasteiger partial charge in [0.2, 0.25) is 0 Å². The molecule has 0 spiro atoms. The number of fused-ring (bicyclic) bond motifs is 1. The normalized spacial score (nSPS) is 20.0. The van der Waals surface area contributed by atoms with Crippen LogP contribution in [-0.2, 0) is 4.74 Å². The molecule has 2 aromatic carbocycles. The van der Waals surface area contributed by atoms with Crippen molar-refractivity contribution in [2.75, 3.05) is 7.11 Å². The zero-order chi connectivity index (χ0) is 15.1. The number of benzene rings is 2. The quantitative estimate of drug-likeness (QED) is 0.591. The molecule has 0 saturated carbocycles. The molecule has 2 heterocycles. The van der Waals surface area contributed by atoms with Gasteiger partial charge in [-0.05, 0) is 23.8 Å². The number of Topliss-reactive ketones (excluding diaryl/α,β-unsaturated/α-hetero) is 1. The Balaban J connectivity index is 1.57. The van der Waals surface area contributed by atoms with Crippen molar-refractivity contribution in [1.29, 1.82) is 0 Å². The van der Waals surface area contributed by atoms with Crippen molar-refractivity contribution >= 4 is 16.7 Å². The van der Waals surface area contributed by atoms with E-state index in [4.69, 9.17) is 9.47 Å². The summed E-state index contributed by atoms with van der Waals surface area (Å²) in [4.78, 5) is 15.7. The van der Waals surface area contributed by atoms with Crippen LogP contribution >= 0.6 is 0 Å². The monoisotopic (exact) mass is 293 g/mol. The predicted molar refractivity (Wildman–Crippen MR) is 83.2 cm³/mol. The summed E-state index contributed by atoms with van der Waals surface area (Å²) in [7, 11) is 1.63. The smallest absolute Gasteiger partial charge is 0.196 e. The second-order valence-electron chi connectivity index (χ2n) is 5.36. The minimum absolute atomic E-state index is 0.0262. The van der Waals surface area contributed by atoms with Gasteiger partial charge in [0.25, 0.3) is 0 Å². The van der Waals surface area contributed by atoms with Gasteiger partial charge < -0.3 is 14.5 Å². The Bertz CT molecular complexity index is 835. The summed E-state index contributed by atoms with van der Waals surface area (Å²) in [5.41, 5.74) is 2.66. The van der Waals surface area contributed by atoms with Crippen LogP contribution in [-0.4, -0.2) is 24.0 Å². The van der Waals surface area contributed by atoms with Gasteiger partial charge >= 0.3 is 0 Å². The third kappa shape index (κ3) is 2.09. The molecule has 2 unspecified atom stereocenters. The van der Waals surface area contributed by atoms with E-state index in [1.165, 1.54) is 0 Å². The van der Waals surface area contributed by atoms with Gasteiger partial charge in [-0.15, -0.1) is 0 Å². The summed E-state index contributed by atoms with van der Waals surface area (Å²) < 4.78 is 10.7. The van der Waals surface area contributed by atoms with E-state index >= 15 is 0 Å². The summed E-state index contributed by atoms with van der Waals surface area (Å²) in [6.45, 7) is 0. The Morgan fingerprint density at radius 3 is 2.68 bits per heavy atom. The standard InChI is InChI=1S/C18H15NO3/c1-21-12-8-6-11(7-9-12)17-18(22-17)16(20)14-10-19-15-5-3-2-4-13(14)15/h2-10,17-19H,1H3. The molecular formula is C18H15NO3. The van der Waals surface area contributed by atoms with Gasteiger partial charge in [-0.1, -0.05) is 30.3 Å². The zero-order valence-corrected chi connectivity index (χ0v) is 12.1. The molecule has 4 heteroatoms. The van der Waals surface area contributed by atoms with Crippen molar-refractivity contribution in [3.05, 3.63) is 65.9 Å². The molecule has 1 fully saturated rings. The van der Waals surface area contributed by atoms with Crippen LogP contribution in [0.25, 0.3) is 10.9 Å². The van der Waals surface area contributed by atoms with Gasteiger partial charge in [0.15, 0.2) is 11.9 Å². The van der Waals surface area contributed by atoms with Crippen LogP contribution in [0, 0.1) is 0 Å². The highest BCUT2D eigenvalue weighted by Gasteiger charge is 2.46. The molecule has 0 amide bonds. The fourth-order valence-corrected chi connectivity index (χ4v) is 2.79. The first-order chi connectivity index (χ1) is 10.8. The minimum Gasteiger partial charge on any atom is -0.497 e. The first-order valence-corrected chi connectivity index (χ1v) is 7.17. The lowest BCUT2D eigenvalue weighted by Crippen LogP contribution is -2.07. The predicted octanol–water partition coefficient (Wildman–Crippen LogP) is 3.50. The number of epoxide rings is 1. The molecule has 1 N–H and O–H groups in total. The fraction of sp³-hybridized carbons (Fsp3) is 0.167. The molecule has 3 aromatic rings. The van der Waals surface area contributed by atoms with E-state index in [-0.39, 0.29) is 11.9 Å². The van der Waals surface area contributed by atoms with Gasteiger partial charge in [-0.2, -0.15) is 0 Å². The van der Waals surface area contributed by atoms with E-state index in [2.05, 4.69) is 4.98 Å². The number of para-hydroxylation sites is 1. The topological polar surface area (TPSA) is 54.6 Å². The number of carbonyl (C=O) groups is 1. The number of rotatable bonds is 4. The summed E-state index contributed by atoms with van der Waals surface area (Å²) in [5, 5.41) is 0.941. The van der Waals surface area contributed by atoms with Crippen LogP contribution in [0.5, 0.6) is 5.75 Å². The Kier molecular flexibility index (Phi) is 2.98. The van der Waals surface area contributed by atoms with Crippen LogP contribution < -0.4 is 4.74 Å². The number of aromatic amines is 1. The van der Waals surface area contributed by atoms with E-state index in [9.17, 15) is 4.79 Å². The average molecular weight is 293 g/mol. The molecule has 110 valence electrons. The molecule has 0 radical (unpaired) electrons. The van der Waals surface area contributed by atoms with E-state index < -0.39 is 6.10 Å². The van der Waals surface area contributed by atoms with Crippen molar-refractivity contribution in [3.63, 3.8) is 0 Å². The van der Waals surface area contributed by atoms with Crippen LogP contribution in [0.4, 0.5) is 0 Å². The lowest BCUT2D eigenvalue weighted by molar-refractivity contribution is 0.0955. The second kappa shape index (κ2) is 5.00. The lowest BCUT2D eigenvalue weighted by atomic mass is 10.0. The van der Waals surface area contributed by atoms with Crippen LogP contribution in [0.1, 0.15) is 22.0 Å². The van der Waals surface area contributed by atoms with Crippen LogP contribution in [0.2, 0.25) is 0 Å². The van der Waals surface area contributed by atoms with E-state index in [0.29, 0.717) is 5.56 Å². The molecule has 1 aliphatic rings. The summed E-state index contributed by atoms with van der Waals surface area (Å²) in [6, 6.07) is 15.4. The maximum absolute atomic E-state index is 12.6. The van der Waals surface area contributed by atoms with E-state index in [0.717, 1.165) is 22.2 Å². The third-order valence-electron chi connectivity index (χ3n) is 4.05. The number of carbonyl (C=O) groups excluding carboxylic acids is 1. The Morgan fingerprint density at radius 1 is 1.14 bits per heavy atom. The Labute approximate surface area is 127 Å². The molecule has 0 aliphatic carbocycles. The number of H-pyrrole nitrogens is 1. The molecule has 0 bridgehead atoms. The maximum atomic E-state index is 12.6. The van der Waals surface area contributed by atoms with Crippen molar-refractivity contribution < 1.29 is 14.3 Å². The van der Waals surface area contributed by atoms with Gasteiger partial charge in [-0.25, -0.2) is 0 Å². The zero-order valence-electron chi connectivity index (χ0n) is 12.1. The Morgan fingerprint density at radius 2 is 1.91 bits per heavy atom. The first kappa shape index (κ1) is 13.1. The third-order valence-corrected chi connectivity index (χ3v) is 4.05. The maximum Gasteiger partial charge on any atom is 0.196 e. The molecule has 1 saturated heterocycles. The van der Waals surface area contributed by atoms with Crippen molar-refractivity contribution in [3.8, 4) is 5.75 Å². The molecule has 1 aliphatic heterocycles. The van der Waals surface area contributed by atoms with Crippen molar-refractivity contribution in [1.82, 2.24) is 4.98 Å². The number of hydrogen-bond acceptors (Lipinski definition) is 3. The number of aromatic nitrogens is 1. The van der Waals surface area contributed by atoms with Gasteiger partial charge in [-0.3, -0.25) is 4.79 Å². The molecule has 4 rings (SSSR count). The van der Waals surface area contributed by atoms with Crippen molar-refractivity contribution in [2.45, 2.75) is 12.2 Å². The average Bonchev–Trinajstić information content (AvgIpc) is 3.26. The minimum atomic E-state index is -0.396. The molecule has 2 atom stereocenters. The second-order valence-corrected chi connectivity index (χ2v) is 5.36. The SMILES string of the molecule is COc1ccc(C2OC2C(=O)c2c[nH]c3ccccc23)cc1. The molecular weight excluding hydrogens is 278 g/mol. The highest BCUT2D eigenvalue weighted by molar-refractivity contribution is 6.11.